The van der Waals surface area contributed by atoms with E-state index in [2.05, 4.69) is 4.98 Å². The molecule has 188 valence electrons. The Kier molecular flexibility index (Phi) is 6.12. The largest absolute Gasteiger partial charge is 0.507 e. The molecule has 0 radical (unpaired) electrons. The molecule has 1 fully saturated rings. The maximum Gasteiger partial charge on any atom is 0.295 e. The first-order valence-corrected chi connectivity index (χ1v) is 12.3. The summed E-state index contributed by atoms with van der Waals surface area (Å²) in [5.41, 5.74) is 3.50. The van der Waals surface area contributed by atoms with Crippen molar-refractivity contribution in [1.29, 1.82) is 0 Å². The molecule has 1 amide bonds. The number of carbonyl (C=O) groups is 2. The van der Waals surface area contributed by atoms with Gasteiger partial charge in [0.1, 0.15) is 17.1 Å². The summed E-state index contributed by atoms with van der Waals surface area (Å²) in [6.45, 7) is 8.00. The highest BCUT2D eigenvalue weighted by Gasteiger charge is 2.46. The normalized spacial score (nSPS) is 17.5. The number of benzene rings is 3. The van der Waals surface area contributed by atoms with E-state index in [1.807, 2.05) is 100 Å². The zero-order valence-corrected chi connectivity index (χ0v) is 21.4. The molecule has 0 bridgehead atoms. The zero-order valence-electron chi connectivity index (χ0n) is 21.4. The van der Waals surface area contributed by atoms with Crippen LogP contribution < -0.4 is 4.74 Å². The van der Waals surface area contributed by atoms with Gasteiger partial charge in [-0.15, -0.1) is 0 Å². The van der Waals surface area contributed by atoms with Crippen molar-refractivity contribution in [3.05, 3.63) is 107 Å². The Hall–Kier alpha value is -4.32. The SMILES string of the molecule is Cc1cccc(C2/C(=C(/O)c3c[nH]c4ccccc34)C(=O)C(=O)N2Cc2ccccc2OC(C)(C)C)c1. The molecule has 1 aliphatic heterocycles. The van der Waals surface area contributed by atoms with Gasteiger partial charge in [-0.25, -0.2) is 0 Å². The van der Waals surface area contributed by atoms with E-state index in [4.69, 9.17) is 4.74 Å². The summed E-state index contributed by atoms with van der Waals surface area (Å²) in [4.78, 5) is 31.7. The molecular formula is C31H30N2O4. The minimum atomic E-state index is -0.753. The van der Waals surface area contributed by atoms with Gasteiger partial charge in [-0.2, -0.15) is 0 Å². The number of aromatic amines is 1. The molecule has 3 aromatic carbocycles. The van der Waals surface area contributed by atoms with Gasteiger partial charge in [0.25, 0.3) is 11.7 Å². The number of likely N-dealkylation sites (tertiary alicyclic amines) is 1. The van der Waals surface area contributed by atoms with Crippen LogP contribution in [0.15, 0.2) is 84.6 Å². The predicted octanol–water partition coefficient (Wildman–Crippen LogP) is 6.28. The number of amides is 1. The number of nitrogens with zero attached hydrogens (tertiary/aromatic N) is 1. The second-order valence-corrected chi connectivity index (χ2v) is 10.4. The van der Waals surface area contributed by atoms with Crippen LogP contribution in [0.25, 0.3) is 16.7 Å². The van der Waals surface area contributed by atoms with E-state index < -0.39 is 23.3 Å². The highest BCUT2D eigenvalue weighted by Crippen LogP contribution is 2.42. The lowest BCUT2D eigenvalue weighted by molar-refractivity contribution is -0.140. The summed E-state index contributed by atoms with van der Waals surface area (Å²) in [5.74, 6) is -0.900. The molecule has 0 saturated carbocycles. The number of aromatic nitrogens is 1. The maximum absolute atomic E-state index is 13.5. The highest BCUT2D eigenvalue weighted by atomic mass is 16.5. The van der Waals surface area contributed by atoms with Gasteiger partial charge in [0.05, 0.1) is 18.2 Å². The Bertz CT molecular complexity index is 1540. The van der Waals surface area contributed by atoms with Crippen LogP contribution in [-0.4, -0.2) is 32.3 Å². The molecule has 2 N–H and O–H groups in total. The topological polar surface area (TPSA) is 82.6 Å². The molecule has 1 unspecified atom stereocenters. The first-order valence-electron chi connectivity index (χ1n) is 12.3. The molecule has 1 saturated heterocycles. The van der Waals surface area contributed by atoms with E-state index in [1.165, 1.54) is 4.90 Å². The maximum atomic E-state index is 13.5. The van der Waals surface area contributed by atoms with E-state index >= 15 is 0 Å². The third-order valence-electron chi connectivity index (χ3n) is 6.47. The minimum Gasteiger partial charge on any atom is -0.507 e. The summed E-state index contributed by atoms with van der Waals surface area (Å²) in [6.07, 6.45) is 1.67. The van der Waals surface area contributed by atoms with Crippen molar-refractivity contribution < 1.29 is 19.4 Å². The fourth-order valence-corrected chi connectivity index (χ4v) is 4.89. The number of fused-ring (bicyclic) bond motifs is 1. The van der Waals surface area contributed by atoms with Crippen LogP contribution in [0.1, 0.15) is 49.1 Å². The van der Waals surface area contributed by atoms with E-state index in [0.717, 1.165) is 27.6 Å². The first kappa shape index (κ1) is 24.4. The molecule has 0 spiro atoms. The molecule has 37 heavy (non-hydrogen) atoms. The molecule has 0 aliphatic carbocycles. The van der Waals surface area contributed by atoms with Crippen LogP contribution in [0, 0.1) is 6.92 Å². The number of rotatable bonds is 5. The van der Waals surface area contributed by atoms with Crippen LogP contribution >= 0.6 is 0 Å². The van der Waals surface area contributed by atoms with Gasteiger partial charge in [-0.05, 0) is 45.4 Å². The van der Waals surface area contributed by atoms with Crippen molar-refractivity contribution in [3.8, 4) is 5.75 Å². The fraction of sp³-hybridized carbons (Fsp3) is 0.226. The van der Waals surface area contributed by atoms with Gasteiger partial charge in [0, 0.05) is 28.2 Å². The quantitative estimate of drug-likeness (QED) is 0.194. The van der Waals surface area contributed by atoms with E-state index in [-0.39, 0.29) is 17.9 Å². The number of carbonyl (C=O) groups excluding carboxylic acids is 2. The Morgan fingerprint density at radius 2 is 1.73 bits per heavy atom. The van der Waals surface area contributed by atoms with Gasteiger partial charge in [-0.1, -0.05) is 66.2 Å². The van der Waals surface area contributed by atoms with Crippen molar-refractivity contribution >= 4 is 28.4 Å². The number of para-hydroxylation sites is 2. The molecular weight excluding hydrogens is 464 g/mol. The van der Waals surface area contributed by atoms with Crippen molar-refractivity contribution in [3.63, 3.8) is 0 Å². The number of H-pyrrole nitrogens is 1. The van der Waals surface area contributed by atoms with Gasteiger partial charge in [-0.3, -0.25) is 9.59 Å². The number of nitrogens with one attached hydrogen (secondary N) is 1. The van der Waals surface area contributed by atoms with Crippen LogP contribution in [0.2, 0.25) is 0 Å². The summed E-state index contributed by atoms with van der Waals surface area (Å²) in [6, 6.07) is 22.0. The number of Topliss-reactive ketones (excluding diaryl/α,β-unsaturated/α-hetero) is 1. The number of ether oxygens (including phenoxy) is 1. The van der Waals surface area contributed by atoms with Gasteiger partial charge >= 0.3 is 0 Å². The monoisotopic (exact) mass is 494 g/mol. The predicted molar refractivity (Wildman–Crippen MR) is 144 cm³/mol. The lowest BCUT2D eigenvalue weighted by atomic mass is 9.94. The Balaban J connectivity index is 1.66. The molecule has 4 aromatic rings. The smallest absolute Gasteiger partial charge is 0.295 e. The lowest BCUT2D eigenvalue weighted by Crippen LogP contribution is -2.30. The molecule has 5 rings (SSSR count). The number of hydrogen-bond acceptors (Lipinski definition) is 4. The Labute approximate surface area is 216 Å². The standard InChI is InChI=1S/C31H30N2O4/c1-19-10-9-12-20(16-19)27-26(28(34)23-17-32-24-14-7-6-13-22(23)24)29(35)30(36)33(27)18-21-11-5-8-15-25(21)37-31(2,3)4/h5-17,27,32,34H,18H2,1-4H3/b28-26-. The second kappa shape index (κ2) is 9.28. The highest BCUT2D eigenvalue weighted by molar-refractivity contribution is 6.46. The van der Waals surface area contributed by atoms with Gasteiger partial charge in [0.15, 0.2) is 0 Å². The van der Waals surface area contributed by atoms with Crippen LogP contribution in [0.5, 0.6) is 5.75 Å². The molecule has 6 heteroatoms. The third-order valence-corrected chi connectivity index (χ3v) is 6.47. The van der Waals surface area contributed by atoms with E-state index in [9.17, 15) is 14.7 Å². The van der Waals surface area contributed by atoms with E-state index in [1.54, 1.807) is 6.20 Å². The molecule has 1 aromatic heterocycles. The minimum absolute atomic E-state index is 0.0783. The van der Waals surface area contributed by atoms with Crippen LogP contribution in [0.4, 0.5) is 0 Å². The lowest BCUT2D eigenvalue weighted by Gasteiger charge is -2.28. The van der Waals surface area contributed by atoms with E-state index in [0.29, 0.717) is 11.3 Å². The Morgan fingerprint density at radius 1 is 1.00 bits per heavy atom. The number of ketones is 1. The number of hydrogen-bond donors (Lipinski definition) is 2. The first-order chi connectivity index (χ1) is 17.6. The van der Waals surface area contributed by atoms with Crippen molar-refractivity contribution in [2.45, 2.75) is 45.9 Å². The average molecular weight is 495 g/mol. The third kappa shape index (κ3) is 4.62. The summed E-state index contributed by atoms with van der Waals surface area (Å²) in [5, 5.41) is 12.3. The summed E-state index contributed by atoms with van der Waals surface area (Å²) >= 11 is 0. The number of aliphatic hydroxyl groups is 1. The molecule has 1 atom stereocenters. The van der Waals surface area contributed by atoms with Crippen LogP contribution in [-0.2, 0) is 16.1 Å². The average Bonchev–Trinajstić information content (AvgIpc) is 3.39. The van der Waals surface area contributed by atoms with Crippen molar-refractivity contribution in [2.24, 2.45) is 0 Å². The molecule has 1 aliphatic rings. The summed E-state index contributed by atoms with van der Waals surface area (Å²) < 4.78 is 6.16. The summed E-state index contributed by atoms with van der Waals surface area (Å²) in [7, 11) is 0. The fourth-order valence-electron chi connectivity index (χ4n) is 4.89. The number of aryl methyl sites for hydroxylation is 1. The molecule has 6 nitrogen and oxygen atoms in total. The number of aliphatic hydroxyl groups excluding tert-OH is 1. The zero-order chi connectivity index (χ0) is 26.3. The van der Waals surface area contributed by atoms with Gasteiger partial charge in [0.2, 0.25) is 0 Å². The molecule has 2 heterocycles. The van der Waals surface area contributed by atoms with Crippen molar-refractivity contribution in [1.82, 2.24) is 9.88 Å². The van der Waals surface area contributed by atoms with Crippen LogP contribution in [0.3, 0.4) is 0 Å². The van der Waals surface area contributed by atoms with Gasteiger partial charge < -0.3 is 19.7 Å². The second-order valence-electron chi connectivity index (χ2n) is 10.4. The van der Waals surface area contributed by atoms with Crippen molar-refractivity contribution in [2.75, 3.05) is 0 Å². The Morgan fingerprint density at radius 3 is 2.49 bits per heavy atom.